The second-order valence-electron chi connectivity index (χ2n) is 4.41. The molecule has 0 bridgehead atoms. The number of benzene rings is 1. The van der Waals surface area contributed by atoms with Gasteiger partial charge < -0.3 is 14.8 Å². The minimum Gasteiger partial charge on any atom is -0.468 e. The second kappa shape index (κ2) is 7.35. The van der Waals surface area contributed by atoms with Crippen molar-refractivity contribution in [3.05, 3.63) is 29.8 Å². The number of ether oxygens (including phenoxy) is 2. The first-order chi connectivity index (χ1) is 8.87. The van der Waals surface area contributed by atoms with Crippen molar-refractivity contribution in [3.8, 4) is 5.75 Å². The van der Waals surface area contributed by atoms with Gasteiger partial charge in [0.2, 0.25) is 0 Å². The maximum Gasteiger partial charge on any atom is 0.411 e. The third-order valence-corrected chi connectivity index (χ3v) is 2.21. The molecule has 19 heavy (non-hydrogen) atoms. The van der Waals surface area contributed by atoms with Crippen LogP contribution in [0, 0.1) is 0 Å². The predicted octanol–water partition coefficient (Wildman–Crippen LogP) is 3.10. The van der Waals surface area contributed by atoms with Crippen LogP contribution in [0.2, 0.25) is 0 Å². The van der Waals surface area contributed by atoms with Crippen molar-refractivity contribution in [2.45, 2.75) is 32.6 Å². The fourth-order valence-corrected chi connectivity index (χ4v) is 1.29. The number of hydrogen-bond acceptors (Lipinski definition) is 3. The molecule has 0 saturated heterocycles. The zero-order chi connectivity index (χ0) is 14.3. The highest BCUT2D eigenvalue weighted by Crippen LogP contribution is 2.15. The molecule has 1 N–H and O–H groups in total. The summed E-state index contributed by atoms with van der Waals surface area (Å²) in [5, 5.41) is 3.26. The Hall–Kier alpha value is -1.27. The molecule has 0 radical (unpaired) electrons. The average molecular weight is 277 g/mol. The van der Waals surface area contributed by atoms with Crippen molar-refractivity contribution in [3.63, 3.8) is 0 Å². The van der Waals surface area contributed by atoms with Gasteiger partial charge in [0, 0.05) is 12.6 Å². The van der Waals surface area contributed by atoms with Gasteiger partial charge in [0.05, 0.1) is 0 Å². The number of rotatable bonds is 7. The zero-order valence-electron chi connectivity index (χ0n) is 11.0. The average Bonchev–Trinajstić information content (AvgIpc) is 2.32. The fourth-order valence-electron chi connectivity index (χ4n) is 1.29. The SMILES string of the molecule is CC(C)NCc1ccc(OCOCC(F)(F)F)cc1. The first-order valence-electron chi connectivity index (χ1n) is 5.96. The molecule has 1 aromatic rings. The van der Waals surface area contributed by atoms with E-state index >= 15 is 0 Å². The standard InChI is InChI=1S/C13H18F3NO2/c1-10(2)17-7-11-3-5-12(6-4-11)19-9-18-8-13(14,15)16/h3-6,10,17H,7-9H2,1-2H3. The molecule has 0 atom stereocenters. The first kappa shape index (κ1) is 15.8. The van der Waals surface area contributed by atoms with Crippen molar-refractivity contribution in [2.24, 2.45) is 0 Å². The van der Waals surface area contributed by atoms with Crippen LogP contribution < -0.4 is 10.1 Å². The van der Waals surface area contributed by atoms with E-state index in [0.29, 0.717) is 11.8 Å². The Labute approximate surface area is 110 Å². The van der Waals surface area contributed by atoms with E-state index in [1.807, 2.05) is 12.1 Å². The Morgan fingerprint density at radius 2 is 1.79 bits per heavy atom. The van der Waals surface area contributed by atoms with Gasteiger partial charge in [-0.25, -0.2) is 0 Å². The molecule has 0 aliphatic heterocycles. The van der Waals surface area contributed by atoms with Crippen LogP contribution in [0.1, 0.15) is 19.4 Å². The molecular formula is C13H18F3NO2. The van der Waals surface area contributed by atoms with Crippen LogP contribution >= 0.6 is 0 Å². The van der Waals surface area contributed by atoms with E-state index in [1.54, 1.807) is 12.1 Å². The Morgan fingerprint density at radius 3 is 2.32 bits per heavy atom. The number of alkyl halides is 3. The smallest absolute Gasteiger partial charge is 0.411 e. The maximum absolute atomic E-state index is 11.8. The predicted molar refractivity (Wildman–Crippen MR) is 65.9 cm³/mol. The molecule has 3 nitrogen and oxygen atoms in total. The van der Waals surface area contributed by atoms with Crippen LogP contribution in [0.15, 0.2) is 24.3 Å². The summed E-state index contributed by atoms with van der Waals surface area (Å²) in [5.41, 5.74) is 1.08. The summed E-state index contributed by atoms with van der Waals surface area (Å²) in [5.74, 6) is 0.482. The topological polar surface area (TPSA) is 30.5 Å². The van der Waals surface area contributed by atoms with Gasteiger partial charge in [-0.05, 0) is 17.7 Å². The molecule has 0 spiro atoms. The highest BCUT2D eigenvalue weighted by Gasteiger charge is 2.27. The molecule has 0 fully saturated rings. The summed E-state index contributed by atoms with van der Waals surface area (Å²) in [6.45, 7) is 3.12. The van der Waals surface area contributed by atoms with Crippen LogP contribution in [0.3, 0.4) is 0 Å². The molecule has 6 heteroatoms. The number of nitrogens with one attached hydrogen (secondary N) is 1. The molecular weight excluding hydrogens is 259 g/mol. The minimum absolute atomic E-state index is 0.395. The molecule has 0 aliphatic carbocycles. The third-order valence-electron chi connectivity index (χ3n) is 2.21. The lowest BCUT2D eigenvalue weighted by Crippen LogP contribution is -2.21. The minimum atomic E-state index is -4.32. The normalized spacial score (nSPS) is 11.9. The third kappa shape index (κ3) is 7.69. The van der Waals surface area contributed by atoms with Gasteiger partial charge in [0.25, 0.3) is 0 Å². The summed E-state index contributed by atoms with van der Waals surface area (Å²) < 4.78 is 44.8. The lowest BCUT2D eigenvalue weighted by molar-refractivity contribution is -0.186. The summed E-state index contributed by atoms with van der Waals surface area (Å²) >= 11 is 0. The van der Waals surface area contributed by atoms with Gasteiger partial charge in [0.1, 0.15) is 12.4 Å². The monoisotopic (exact) mass is 277 g/mol. The van der Waals surface area contributed by atoms with E-state index in [4.69, 9.17) is 4.74 Å². The van der Waals surface area contributed by atoms with Gasteiger partial charge in [-0.3, -0.25) is 0 Å². The van der Waals surface area contributed by atoms with E-state index in [2.05, 4.69) is 23.9 Å². The molecule has 0 aromatic heterocycles. The molecule has 1 rings (SSSR count). The van der Waals surface area contributed by atoms with Crippen LogP contribution in [0.4, 0.5) is 13.2 Å². The van der Waals surface area contributed by atoms with E-state index in [0.717, 1.165) is 12.1 Å². The highest BCUT2D eigenvalue weighted by molar-refractivity contribution is 5.27. The number of hydrogen-bond donors (Lipinski definition) is 1. The molecule has 0 heterocycles. The summed E-state index contributed by atoms with van der Waals surface area (Å²) in [7, 11) is 0. The van der Waals surface area contributed by atoms with E-state index < -0.39 is 19.6 Å². The Balaban J connectivity index is 2.28. The fraction of sp³-hybridized carbons (Fsp3) is 0.538. The molecule has 0 aliphatic rings. The quantitative estimate of drug-likeness (QED) is 0.613. The van der Waals surface area contributed by atoms with Gasteiger partial charge in [-0.1, -0.05) is 26.0 Å². The van der Waals surface area contributed by atoms with Crippen molar-refractivity contribution >= 4 is 0 Å². The second-order valence-corrected chi connectivity index (χ2v) is 4.41. The van der Waals surface area contributed by atoms with Gasteiger partial charge in [0.15, 0.2) is 6.79 Å². The van der Waals surface area contributed by atoms with Crippen LogP contribution in [0.25, 0.3) is 0 Å². The van der Waals surface area contributed by atoms with Crippen molar-refractivity contribution in [1.29, 1.82) is 0 Å². The lowest BCUT2D eigenvalue weighted by atomic mass is 10.2. The van der Waals surface area contributed by atoms with Gasteiger partial charge in [-0.2, -0.15) is 13.2 Å². The lowest BCUT2D eigenvalue weighted by Gasteiger charge is -2.10. The largest absolute Gasteiger partial charge is 0.468 e. The molecule has 0 amide bonds. The summed E-state index contributed by atoms with van der Waals surface area (Å²) in [4.78, 5) is 0. The van der Waals surface area contributed by atoms with E-state index in [9.17, 15) is 13.2 Å². The van der Waals surface area contributed by atoms with Gasteiger partial charge >= 0.3 is 6.18 Å². The van der Waals surface area contributed by atoms with Crippen molar-refractivity contribution < 1.29 is 22.6 Å². The number of halogens is 3. The van der Waals surface area contributed by atoms with Crippen LogP contribution in [-0.2, 0) is 11.3 Å². The highest BCUT2D eigenvalue weighted by atomic mass is 19.4. The Morgan fingerprint density at radius 1 is 1.16 bits per heavy atom. The summed E-state index contributed by atoms with van der Waals surface area (Å²) in [6, 6.07) is 7.51. The van der Waals surface area contributed by atoms with Crippen LogP contribution in [-0.4, -0.2) is 25.6 Å². The molecule has 0 saturated carbocycles. The van der Waals surface area contributed by atoms with Crippen molar-refractivity contribution in [1.82, 2.24) is 5.32 Å². The van der Waals surface area contributed by atoms with E-state index in [1.165, 1.54) is 0 Å². The van der Waals surface area contributed by atoms with Crippen molar-refractivity contribution in [2.75, 3.05) is 13.4 Å². The first-order valence-corrected chi connectivity index (χ1v) is 5.96. The zero-order valence-corrected chi connectivity index (χ0v) is 11.0. The van der Waals surface area contributed by atoms with E-state index in [-0.39, 0.29) is 0 Å². The Bertz CT molecular complexity index is 363. The molecule has 1 aromatic carbocycles. The summed E-state index contributed by atoms with van der Waals surface area (Å²) in [6.07, 6.45) is -4.32. The van der Waals surface area contributed by atoms with Crippen LogP contribution in [0.5, 0.6) is 5.75 Å². The molecule has 0 unspecified atom stereocenters. The molecule has 108 valence electrons. The Kier molecular flexibility index (Phi) is 6.11. The van der Waals surface area contributed by atoms with Gasteiger partial charge in [-0.15, -0.1) is 0 Å². The maximum atomic E-state index is 11.8.